The average Bonchev–Trinajstić information content (AvgIpc) is 3.21. The van der Waals surface area contributed by atoms with Crippen molar-refractivity contribution in [3.05, 3.63) is 74.3 Å². The molecule has 12 heteroatoms. The van der Waals surface area contributed by atoms with Gasteiger partial charge in [0.25, 0.3) is 5.56 Å². The van der Waals surface area contributed by atoms with Gasteiger partial charge in [-0.1, -0.05) is 0 Å². The standard InChI is InChI=1S/C21H17BrFN5O3S2/c1-11-3-6-19(32-11)33(31)27-21(30)26-12-4-5-18(15(23)7-12)28-10-25-16-9-17(24-2)14(22)8-13(16)20(28)29/h3-10,24H,1-2H3,(H2,26,27,30). The molecule has 0 bridgehead atoms. The van der Waals surface area contributed by atoms with Crippen molar-refractivity contribution in [2.45, 2.75) is 11.1 Å². The zero-order valence-corrected chi connectivity index (χ0v) is 20.5. The molecule has 4 aromatic rings. The number of nitrogens with zero attached hydrogens (tertiary/aromatic N) is 2. The van der Waals surface area contributed by atoms with Gasteiger partial charge in [-0.15, -0.1) is 11.3 Å². The number of hydrogen-bond acceptors (Lipinski definition) is 6. The maximum absolute atomic E-state index is 14.9. The zero-order chi connectivity index (χ0) is 23.7. The van der Waals surface area contributed by atoms with Crippen LogP contribution in [0.25, 0.3) is 16.6 Å². The van der Waals surface area contributed by atoms with Gasteiger partial charge in [0.1, 0.15) is 16.4 Å². The second-order valence-electron chi connectivity index (χ2n) is 6.88. The lowest BCUT2D eigenvalue weighted by atomic mass is 10.2. The van der Waals surface area contributed by atoms with E-state index < -0.39 is 28.4 Å². The fraction of sp³-hybridized carbons (Fsp3) is 0.0952. The molecule has 170 valence electrons. The van der Waals surface area contributed by atoms with Crippen molar-refractivity contribution in [1.82, 2.24) is 14.3 Å². The molecule has 3 N–H and O–H groups in total. The van der Waals surface area contributed by atoms with Gasteiger partial charge in [-0.3, -0.25) is 14.1 Å². The number of aromatic nitrogens is 2. The zero-order valence-electron chi connectivity index (χ0n) is 17.3. The summed E-state index contributed by atoms with van der Waals surface area (Å²) in [5.41, 5.74) is 0.903. The minimum Gasteiger partial charge on any atom is -0.387 e. The molecule has 1 unspecified atom stereocenters. The smallest absolute Gasteiger partial charge is 0.331 e. The third-order valence-corrected chi connectivity index (χ3v) is 7.69. The highest BCUT2D eigenvalue weighted by molar-refractivity contribution is 9.10. The van der Waals surface area contributed by atoms with Gasteiger partial charge >= 0.3 is 6.03 Å². The Morgan fingerprint density at radius 3 is 2.67 bits per heavy atom. The first-order chi connectivity index (χ1) is 15.8. The first kappa shape index (κ1) is 23.1. The van der Waals surface area contributed by atoms with Crippen molar-refractivity contribution in [1.29, 1.82) is 0 Å². The van der Waals surface area contributed by atoms with Crippen LogP contribution in [-0.2, 0) is 11.0 Å². The van der Waals surface area contributed by atoms with Crippen LogP contribution in [0.2, 0.25) is 0 Å². The summed E-state index contributed by atoms with van der Waals surface area (Å²) in [5, 5.41) is 5.75. The molecule has 2 heterocycles. The van der Waals surface area contributed by atoms with Gasteiger partial charge in [0.05, 0.1) is 22.3 Å². The number of urea groups is 1. The molecule has 0 aliphatic rings. The molecule has 0 radical (unpaired) electrons. The van der Waals surface area contributed by atoms with E-state index in [-0.39, 0.29) is 11.4 Å². The molecule has 2 amide bonds. The number of fused-ring (bicyclic) bond motifs is 1. The Hall–Kier alpha value is -3.09. The molecular formula is C21H17BrFN5O3S2. The summed E-state index contributed by atoms with van der Waals surface area (Å²) in [6, 6.07) is 9.93. The van der Waals surface area contributed by atoms with Crippen LogP contribution >= 0.6 is 27.3 Å². The molecule has 0 fully saturated rings. The Morgan fingerprint density at radius 1 is 1.21 bits per heavy atom. The molecule has 8 nitrogen and oxygen atoms in total. The van der Waals surface area contributed by atoms with Crippen LogP contribution in [0.4, 0.5) is 20.6 Å². The number of amides is 2. The number of anilines is 2. The molecule has 2 aromatic heterocycles. The van der Waals surface area contributed by atoms with Gasteiger partial charge in [0.2, 0.25) is 0 Å². The summed E-state index contributed by atoms with van der Waals surface area (Å²) in [5.74, 6) is -0.739. The number of rotatable bonds is 5. The minimum absolute atomic E-state index is 0.0215. The summed E-state index contributed by atoms with van der Waals surface area (Å²) in [4.78, 5) is 30.3. The topological polar surface area (TPSA) is 105 Å². The number of nitrogens with one attached hydrogen (secondary N) is 3. The van der Waals surface area contributed by atoms with E-state index in [1.807, 2.05) is 6.92 Å². The number of carbonyl (C=O) groups is 1. The number of thiophene rings is 1. The maximum atomic E-state index is 14.9. The highest BCUT2D eigenvalue weighted by Gasteiger charge is 2.15. The normalized spacial score (nSPS) is 11.9. The van der Waals surface area contributed by atoms with Gasteiger partial charge in [-0.2, -0.15) is 0 Å². The molecule has 0 aliphatic carbocycles. The largest absolute Gasteiger partial charge is 0.387 e. The third kappa shape index (κ3) is 4.82. The van der Waals surface area contributed by atoms with Gasteiger partial charge in [0, 0.05) is 22.1 Å². The van der Waals surface area contributed by atoms with Gasteiger partial charge in [-0.05, 0) is 65.3 Å². The molecule has 0 aliphatic heterocycles. The Bertz CT molecular complexity index is 1470. The molecule has 0 saturated carbocycles. The van der Waals surface area contributed by atoms with Crippen molar-refractivity contribution in [3.8, 4) is 5.69 Å². The Kier molecular flexibility index (Phi) is 6.58. The van der Waals surface area contributed by atoms with Crippen LogP contribution in [0, 0.1) is 12.7 Å². The lowest BCUT2D eigenvalue weighted by Gasteiger charge is -2.11. The second-order valence-corrected chi connectivity index (χ2v) is 10.5. The van der Waals surface area contributed by atoms with Crippen LogP contribution in [-0.4, -0.2) is 26.8 Å². The van der Waals surface area contributed by atoms with E-state index in [4.69, 9.17) is 0 Å². The molecular weight excluding hydrogens is 533 g/mol. The fourth-order valence-corrected chi connectivity index (χ4v) is 5.55. The SMILES string of the molecule is CNc1cc2ncn(-c3ccc(NC(=O)NS(=O)c4ccc(C)s4)cc3F)c(=O)c2cc1Br. The maximum Gasteiger partial charge on any atom is 0.331 e. The second kappa shape index (κ2) is 9.41. The molecule has 33 heavy (non-hydrogen) atoms. The van der Waals surface area contributed by atoms with E-state index in [0.29, 0.717) is 19.6 Å². The van der Waals surface area contributed by atoms with Crippen molar-refractivity contribution >= 4 is 66.6 Å². The summed E-state index contributed by atoms with van der Waals surface area (Å²) in [6.45, 7) is 1.87. The number of hydrogen-bond donors (Lipinski definition) is 3. The van der Waals surface area contributed by atoms with E-state index in [9.17, 15) is 18.2 Å². The lowest BCUT2D eigenvalue weighted by Crippen LogP contribution is -2.30. The quantitative estimate of drug-likeness (QED) is 0.339. The fourth-order valence-electron chi connectivity index (χ4n) is 3.09. The average molecular weight is 550 g/mol. The molecule has 2 aromatic carbocycles. The van der Waals surface area contributed by atoms with Crippen LogP contribution in [0.3, 0.4) is 0 Å². The summed E-state index contributed by atoms with van der Waals surface area (Å²) >= 11 is 4.70. The Balaban J connectivity index is 1.57. The lowest BCUT2D eigenvalue weighted by molar-refractivity contribution is 0.257. The van der Waals surface area contributed by atoms with Crippen LogP contribution in [0.5, 0.6) is 0 Å². The van der Waals surface area contributed by atoms with E-state index in [2.05, 4.69) is 36.3 Å². The molecule has 1 atom stereocenters. The summed E-state index contributed by atoms with van der Waals surface area (Å²) in [6.07, 6.45) is 1.25. The van der Waals surface area contributed by atoms with Gasteiger partial charge < -0.3 is 10.6 Å². The Labute approximate surface area is 202 Å². The van der Waals surface area contributed by atoms with E-state index in [1.54, 1.807) is 31.3 Å². The van der Waals surface area contributed by atoms with E-state index in [0.717, 1.165) is 21.2 Å². The van der Waals surface area contributed by atoms with Crippen LogP contribution in [0.1, 0.15) is 4.88 Å². The monoisotopic (exact) mass is 549 g/mol. The van der Waals surface area contributed by atoms with Crippen molar-refractivity contribution in [3.63, 3.8) is 0 Å². The number of benzene rings is 2. The van der Waals surface area contributed by atoms with Crippen molar-refractivity contribution < 1.29 is 13.4 Å². The highest BCUT2D eigenvalue weighted by Crippen LogP contribution is 2.26. The molecule has 0 saturated heterocycles. The summed E-state index contributed by atoms with van der Waals surface area (Å²) < 4.78 is 31.6. The molecule has 4 rings (SSSR count). The Morgan fingerprint density at radius 2 is 2.00 bits per heavy atom. The van der Waals surface area contributed by atoms with Crippen LogP contribution in [0.15, 0.2) is 62.3 Å². The van der Waals surface area contributed by atoms with E-state index >= 15 is 0 Å². The first-order valence-corrected chi connectivity index (χ1v) is 12.3. The van der Waals surface area contributed by atoms with Crippen molar-refractivity contribution in [2.24, 2.45) is 0 Å². The molecule has 0 spiro atoms. The van der Waals surface area contributed by atoms with Gasteiger partial charge in [-0.25, -0.2) is 18.4 Å². The predicted molar refractivity (Wildman–Crippen MR) is 132 cm³/mol. The van der Waals surface area contributed by atoms with Gasteiger partial charge in [0.15, 0.2) is 11.0 Å². The minimum atomic E-state index is -1.73. The van der Waals surface area contributed by atoms with Crippen molar-refractivity contribution in [2.75, 3.05) is 17.7 Å². The highest BCUT2D eigenvalue weighted by atomic mass is 79.9. The third-order valence-electron chi connectivity index (χ3n) is 4.67. The first-order valence-electron chi connectivity index (χ1n) is 9.51. The van der Waals surface area contributed by atoms with Crippen LogP contribution < -0.4 is 20.9 Å². The number of carbonyl (C=O) groups excluding carboxylic acids is 1. The number of aryl methyl sites for hydroxylation is 1. The number of halogens is 2. The summed E-state index contributed by atoms with van der Waals surface area (Å²) in [7, 11) is 0.0230. The predicted octanol–water partition coefficient (Wildman–Crippen LogP) is 4.54. The van der Waals surface area contributed by atoms with E-state index in [1.165, 1.54) is 29.8 Å².